The maximum Gasteiger partial charge on any atom is 0.274 e. The Balaban J connectivity index is 1.71. The van der Waals surface area contributed by atoms with Crippen molar-refractivity contribution in [3.63, 3.8) is 0 Å². The van der Waals surface area contributed by atoms with Crippen LogP contribution in [0.15, 0.2) is 60.8 Å². The second-order valence-corrected chi connectivity index (χ2v) is 6.19. The van der Waals surface area contributed by atoms with Crippen molar-refractivity contribution in [2.75, 3.05) is 10.6 Å². The zero-order valence-corrected chi connectivity index (χ0v) is 15.5. The highest BCUT2D eigenvalue weighted by molar-refractivity contribution is 6.03. The predicted molar refractivity (Wildman–Crippen MR) is 107 cm³/mol. The summed E-state index contributed by atoms with van der Waals surface area (Å²) >= 11 is 0. The Hall–Kier alpha value is -3.92. The molecule has 0 atom stereocenters. The number of amides is 1. The maximum atomic E-state index is 12.5. The maximum absolute atomic E-state index is 12.5. The molecular weight excluding hydrogens is 354 g/mol. The third-order valence-electron chi connectivity index (χ3n) is 3.67. The normalized spacial score (nSPS) is 10.2. The topological polar surface area (TPSA) is 99.9 Å². The summed E-state index contributed by atoms with van der Waals surface area (Å²) in [5.41, 5.74) is 1.77. The van der Waals surface area contributed by atoms with Crippen LogP contribution < -0.4 is 15.4 Å². The molecule has 7 nitrogen and oxygen atoms in total. The summed E-state index contributed by atoms with van der Waals surface area (Å²) in [6, 6.07) is 17.7. The molecule has 3 aromatic rings. The molecule has 0 aliphatic heterocycles. The highest BCUT2D eigenvalue weighted by Gasteiger charge is 2.11. The van der Waals surface area contributed by atoms with Crippen LogP contribution in [0.5, 0.6) is 5.75 Å². The number of para-hydroxylation sites is 1. The van der Waals surface area contributed by atoms with Gasteiger partial charge in [0.05, 0.1) is 17.4 Å². The third kappa shape index (κ3) is 4.83. The van der Waals surface area contributed by atoms with E-state index in [1.165, 1.54) is 12.3 Å². The number of hydrogen-bond donors (Lipinski definition) is 2. The molecule has 0 spiro atoms. The number of nitriles is 1. The summed E-state index contributed by atoms with van der Waals surface area (Å²) in [7, 11) is 0. The molecule has 1 heterocycles. The van der Waals surface area contributed by atoms with Gasteiger partial charge in [0.15, 0.2) is 0 Å². The number of ether oxygens (including phenoxy) is 1. The summed E-state index contributed by atoms with van der Waals surface area (Å²) in [6.45, 7) is 3.93. The van der Waals surface area contributed by atoms with Crippen LogP contribution in [0.2, 0.25) is 0 Å². The summed E-state index contributed by atoms with van der Waals surface area (Å²) in [5, 5.41) is 14.9. The van der Waals surface area contributed by atoms with Crippen LogP contribution >= 0.6 is 0 Å². The van der Waals surface area contributed by atoms with Crippen LogP contribution in [0, 0.1) is 11.3 Å². The van der Waals surface area contributed by atoms with Gasteiger partial charge in [0.1, 0.15) is 17.5 Å². The monoisotopic (exact) mass is 373 g/mol. The first-order valence-corrected chi connectivity index (χ1v) is 8.72. The molecule has 7 heteroatoms. The van der Waals surface area contributed by atoms with Gasteiger partial charge in [-0.15, -0.1) is 0 Å². The van der Waals surface area contributed by atoms with E-state index in [0.29, 0.717) is 17.2 Å². The Bertz CT molecular complexity index is 1010. The van der Waals surface area contributed by atoms with Crippen LogP contribution in [0.3, 0.4) is 0 Å². The number of carbonyl (C=O) groups excluding carboxylic acids is 1. The van der Waals surface area contributed by atoms with Crippen molar-refractivity contribution in [1.82, 2.24) is 9.97 Å². The minimum Gasteiger partial charge on any atom is -0.491 e. The standard InChI is InChI=1S/C21H19N5O2/c1-14(2)28-17-9-7-16(8-10-17)24-21-23-12-11-19(26-21)20(27)25-18-6-4-3-5-15(18)13-22/h3-12,14H,1-2H3,(H,25,27)(H,23,24,26). The predicted octanol–water partition coefficient (Wildman–Crippen LogP) is 4.13. The fourth-order valence-corrected chi connectivity index (χ4v) is 2.44. The smallest absolute Gasteiger partial charge is 0.274 e. The lowest BCUT2D eigenvalue weighted by atomic mass is 10.2. The first kappa shape index (κ1) is 18.9. The van der Waals surface area contributed by atoms with Crippen molar-refractivity contribution in [1.29, 1.82) is 5.26 Å². The molecule has 0 aliphatic carbocycles. The quantitative estimate of drug-likeness (QED) is 0.674. The van der Waals surface area contributed by atoms with E-state index >= 15 is 0 Å². The molecule has 140 valence electrons. The number of anilines is 3. The van der Waals surface area contributed by atoms with Gasteiger partial charge in [0, 0.05) is 11.9 Å². The number of aromatic nitrogens is 2. The number of rotatable bonds is 6. The number of nitrogens with one attached hydrogen (secondary N) is 2. The van der Waals surface area contributed by atoms with Gasteiger partial charge in [-0.2, -0.15) is 5.26 Å². The molecule has 2 aromatic carbocycles. The Labute approximate surface area is 163 Å². The van der Waals surface area contributed by atoms with E-state index in [1.807, 2.05) is 44.2 Å². The van der Waals surface area contributed by atoms with E-state index in [4.69, 9.17) is 10.00 Å². The van der Waals surface area contributed by atoms with Gasteiger partial charge in [-0.25, -0.2) is 9.97 Å². The average Bonchev–Trinajstić information content (AvgIpc) is 2.70. The van der Waals surface area contributed by atoms with Gasteiger partial charge in [0.25, 0.3) is 5.91 Å². The number of benzene rings is 2. The molecule has 0 fully saturated rings. The van der Waals surface area contributed by atoms with Crippen LogP contribution in [0.1, 0.15) is 29.9 Å². The van der Waals surface area contributed by atoms with Gasteiger partial charge in [-0.05, 0) is 56.3 Å². The molecule has 1 amide bonds. The van der Waals surface area contributed by atoms with E-state index in [-0.39, 0.29) is 11.8 Å². The molecule has 0 unspecified atom stereocenters. The molecule has 2 N–H and O–H groups in total. The molecule has 0 radical (unpaired) electrons. The van der Waals surface area contributed by atoms with Crippen molar-refractivity contribution in [3.05, 3.63) is 72.1 Å². The largest absolute Gasteiger partial charge is 0.491 e. The number of carbonyl (C=O) groups is 1. The van der Waals surface area contributed by atoms with E-state index in [1.54, 1.807) is 24.3 Å². The molecule has 0 bridgehead atoms. The summed E-state index contributed by atoms with van der Waals surface area (Å²) in [4.78, 5) is 20.9. The molecule has 0 saturated carbocycles. The van der Waals surface area contributed by atoms with Crippen LogP contribution in [-0.4, -0.2) is 22.0 Å². The number of hydrogen-bond acceptors (Lipinski definition) is 6. The van der Waals surface area contributed by atoms with Crippen molar-refractivity contribution in [3.8, 4) is 11.8 Å². The molecule has 3 rings (SSSR count). The molecule has 28 heavy (non-hydrogen) atoms. The van der Waals surface area contributed by atoms with Crippen molar-refractivity contribution < 1.29 is 9.53 Å². The first-order chi connectivity index (χ1) is 13.5. The van der Waals surface area contributed by atoms with Gasteiger partial charge in [-0.3, -0.25) is 4.79 Å². The van der Waals surface area contributed by atoms with Crippen molar-refractivity contribution in [2.24, 2.45) is 0 Å². The van der Waals surface area contributed by atoms with Crippen molar-refractivity contribution >= 4 is 23.2 Å². The Morgan fingerprint density at radius 3 is 2.57 bits per heavy atom. The second-order valence-electron chi connectivity index (χ2n) is 6.19. The Morgan fingerprint density at radius 2 is 1.86 bits per heavy atom. The van der Waals surface area contributed by atoms with Crippen LogP contribution in [-0.2, 0) is 0 Å². The molecule has 0 aliphatic rings. The fraction of sp³-hybridized carbons (Fsp3) is 0.143. The van der Waals surface area contributed by atoms with Crippen LogP contribution in [0.4, 0.5) is 17.3 Å². The van der Waals surface area contributed by atoms with Crippen molar-refractivity contribution in [2.45, 2.75) is 20.0 Å². The van der Waals surface area contributed by atoms with E-state index < -0.39 is 5.91 Å². The van der Waals surface area contributed by atoms with Gasteiger partial charge in [0.2, 0.25) is 5.95 Å². The summed E-state index contributed by atoms with van der Waals surface area (Å²) in [5.74, 6) is 0.637. The zero-order valence-electron chi connectivity index (χ0n) is 15.5. The molecular formula is C21H19N5O2. The zero-order chi connectivity index (χ0) is 19.9. The SMILES string of the molecule is CC(C)Oc1ccc(Nc2nccc(C(=O)Nc3ccccc3C#N)n2)cc1. The van der Waals surface area contributed by atoms with E-state index in [2.05, 4.69) is 20.6 Å². The minimum atomic E-state index is -0.422. The fourth-order valence-electron chi connectivity index (χ4n) is 2.44. The lowest BCUT2D eigenvalue weighted by molar-refractivity contribution is 0.102. The third-order valence-corrected chi connectivity index (χ3v) is 3.67. The van der Waals surface area contributed by atoms with Gasteiger partial charge >= 0.3 is 0 Å². The van der Waals surface area contributed by atoms with E-state index in [9.17, 15) is 4.79 Å². The second kappa shape index (κ2) is 8.64. The van der Waals surface area contributed by atoms with Gasteiger partial charge in [-0.1, -0.05) is 12.1 Å². The van der Waals surface area contributed by atoms with Crippen LogP contribution in [0.25, 0.3) is 0 Å². The highest BCUT2D eigenvalue weighted by atomic mass is 16.5. The average molecular weight is 373 g/mol. The Kier molecular flexibility index (Phi) is 5.82. The summed E-state index contributed by atoms with van der Waals surface area (Å²) < 4.78 is 5.61. The lowest BCUT2D eigenvalue weighted by Gasteiger charge is -2.11. The minimum absolute atomic E-state index is 0.100. The molecule has 1 aromatic heterocycles. The lowest BCUT2D eigenvalue weighted by Crippen LogP contribution is -2.15. The van der Waals surface area contributed by atoms with E-state index in [0.717, 1.165) is 11.4 Å². The summed E-state index contributed by atoms with van der Waals surface area (Å²) in [6.07, 6.45) is 1.60. The number of nitrogens with zero attached hydrogens (tertiary/aromatic N) is 3. The molecule has 0 saturated heterocycles. The Morgan fingerprint density at radius 1 is 1.11 bits per heavy atom. The highest BCUT2D eigenvalue weighted by Crippen LogP contribution is 2.19. The van der Waals surface area contributed by atoms with Gasteiger partial charge < -0.3 is 15.4 Å². The first-order valence-electron chi connectivity index (χ1n) is 8.72.